The van der Waals surface area contributed by atoms with E-state index >= 15 is 0 Å². The van der Waals surface area contributed by atoms with Gasteiger partial charge in [0.05, 0.1) is 24.2 Å². The van der Waals surface area contributed by atoms with Crippen LogP contribution in [0.4, 0.5) is 11.5 Å². The van der Waals surface area contributed by atoms with Crippen LogP contribution in [0.2, 0.25) is 0 Å². The number of hydrogen-bond donors (Lipinski definition) is 1. The molecule has 1 saturated heterocycles. The summed E-state index contributed by atoms with van der Waals surface area (Å²) in [5, 5.41) is 19.8. The lowest BCUT2D eigenvalue weighted by Crippen LogP contribution is -2.43. The van der Waals surface area contributed by atoms with Crippen LogP contribution in [0.5, 0.6) is 0 Å². The summed E-state index contributed by atoms with van der Waals surface area (Å²) < 4.78 is 5.24. The van der Waals surface area contributed by atoms with Crippen LogP contribution in [0.25, 0.3) is 0 Å². The molecule has 1 N–H and O–H groups in total. The van der Waals surface area contributed by atoms with E-state index in [1.54, 1.807) is 4.90 Å². The molecule has 0 radical (unpaired) electrons. The van der Waals surface area contributed by atoms with E-state index in [9.17, 15) is 20.0 Å². The maximum atomic E-state index is 11.2. The van der Waals surface area contributed by atoms with E-state index < -0.39 is 16.8 Å². The summed E-state index contributed by atoms with van der Waals surface area (Å²) in [6.45, 7) is 2.90. The number of rotatable bonds is 5. The Kier molecular flexibility index (Phi) is 4.14. The monoisotopic (exact) mass is 281 g/mol. The van der Waals surface area contributed by atoms with E-state index in [2.05, 4.69) is 4.98 Å². The number of nitrogens with zero attached hydrogens (tertiary/aromatic N) is 3. The first-order valence-electron chi connectivity index (χ1n) is 6.22. The number of aromatic nitrogens is 1. The summed E-state index contributed by atoms with van der Waals surface area (Å²) in [5.41, 5.74) is -0.0951. The summed E-state index contributed by atoms with van der Waals surface area (Å²) in [4.78, 5) is 27.1. The lowest BCUT2D eigenvalue weighted by Gasteiger charge is -2.30. The van der Waals surface area contributed by atoms with Crippen LogP contribution in [0.3, 0.4) is 0 Å². The molecule has 1 aromatic heterocycles. The van der Waals surface area contributed by atoms with Crippen molar-refractivity contribution in [1.29, 1.82) is 0 Å². The topological polar surface area (TPSA) is 106 Å². The average Bonchev–Trinajstić information content (AvgIpc) is 2.89. The van der Waals surface area contributed by atoms with Crippen LogP contribution in [0, 0.1) is 16.0 Å². The number of carboxylic acid groups (broad SMARTS) is 1. The first kappa shape index (κ1) is 14.2. The average molecular weight is 281 g/mol. The van der Waals surface area contributed by atoms with Crippen molar-refractivity contribution in [3.05, 3.63) is 28.4 Å². The molecule has 108 valence electrons. The summed E-state index contributed by atoms with van der Waals surface area (Å²) in [6.07, 6.45) is 1.17. The zero-order chi connectivity index (χ0) is 14.7. The number of hydrogen-bond acceptors (Lipinski definition) is 6. The number of anilines is 1. The van der Waals surface area contributed by atoms with E-state index in [1.807, 2.05) is 6.92 Å². The van der Waals surface area contributed by atoms with Gasteiger partial charge in [0, 0.05) is 12.6 Å². The maximum absolute atomic E-state index is 11.2. The number of carboxylic acids is 1. The Labute approximate surface area is 115 Å². The minimum absolute atomic E-state index is 0.0951. The molecule has 8 nitrogen and oxygen atoms in total. The molecule has 2 atom stereocenters. The minimum atomic E-state index is -0.909. The molecule has 2 unspecified atom stereocenters. The highest BCUT2D eigenvalue weighted by molar-refractivity contribution is 5.72. The van der Waals surface area contributed by atoms with Crippen molar-refractivity contribution >= 4 is 17.5 Å². The lowest BCUT2D eigenvalue weighted by atomic mass is 10.0. The number of pyridine rings is 1. The second-order valence-electron chi connectivity index (χ2n) is 4.47. The van der Waals surface area contributed by atoms with Crippen molar-refractivity contribution in [3.8, 4) is 0 Å². The third-order valence-electron chi connectivity index (χ3n) is 3.35. The molecule has 1 fully saturated rings. The molecule has 2 rings (SSSR count). The summed E-state index contributed by atoms with van der Waals surface area (Å²) >= 11 is 0. The van der Waals surface area contributed by atoms with Gasteiger partial charge in [-0.3, -0.25) is 14.9 Å². The molecular weight excluding hydrogens is 266 g/mol. The van der Waals surface area contributed by atoms with Gasteiger partial charge in [-0.2, -0.15) is 0 Å². The highest BCUT2D eigenvalue weighted by Gasteiger charge is 2.38. The van der Waals surface area contributed by atoms with Crippen molar-refractivity contribution in [2.75, 3.05) is 24.7 Å². The molecule has 0 aromatic carbocycles. The fourth-order valence-electron chi connectivity index (χ4n) is 2.31. The normalized spacial score (nSPS) is 21.6. The lowest BCUT2D eigenvalue weighted by molar-refractivity contribution is -0.385. The van der Waals surface area contributed by atoms with Crippen molar-refractivity contribution < 1.29 is 19.6 Å². The van der Waals surface area contributed by atoms with Crippen LogP contribution in [0.1, 0.15) is 6.92 Å². The van der Waals surface area contributed by atoms with Crippen molar-refractivity contribution in [2.45, 2.75) is 13.0 Å². The second kappa shape index (κ2) is 5.83. The molecule has 0 amide bonds. The van der Waals surface area contributed by atoms with Crippen LogP contribution in [-0.2, 0) is 9.53 Å². The van der Waals surface area contributed by atoms with E-state index in [-0.39, 0.29) is 18.3 Å². The molecule has 8 heteroatoms. The Balaban J connectivity index is 2.23. The molecular formula is C12H15N3O5. The highest BCUT2D eigenvalue weighted by Crippen LogP contribution is 2.25. The molecule has 0 aliphatic carbocycles. The van der Waals surface area contributed by atoms with Gasteiger partial charge in [-0.05, 0) is 13.0 Å². The Bertz CT molecular complexity index is 504. The van der Waals surface area contributed by atoms with E-state index in [0.717, 1.165) is 0 Å². The van der Waals surface area contributed by atoms with Crippen molar-refractivity contribution in [1.82, 2.24) is 4.98 Å². The van der Waals surface area contributed by atoms with Gasteiger partial charge in [0.2, 0.25) is 0 Å². The smallest absolute Gasteiger partial charge is 0.311 e. The molecule has 0 spiro atoms. The number of nitro groups is 1. The largest absolute Gasteiger partial charge is 0.481 e. The second-order valence-corrected chi connectivity index (χ2v) is 4.47. The van der Waals surface area contributed by atoms with Crippen LogP contribution in [-0.4, -0.2) is 46.8 Å². The maximum Gasteiger partial charge on any atom is 0.311 e. The highest BCUT2D eigenvalue weighted by atomic mass is 16.6. The van der Waals surface area contributed by atoms with Gasteiger partial charge in [-0.1, -0.05) is 0 Å². The van der Waals surface area contributed by atoms with Gasteiger partial charge < -0.3 is 14.7 Å². The third kappa shape index (κ3) is 2.69. The van der Waals surface area contributed by atoms with Gasteiger partial charge >= 0.3 is 5.97 Å². The predicted octanol–water partition coefficient (Wildman–Crippen LogP) is 0.916. The van der Waals surface area contributed by atoms with Crippen LogP contribution in [0.15, 0.2) is 18.3 Å². The number of likely N-dealkylation sites (N-methyl/N-ethyl adjacent to an activating group) is 1. The predicted molar refractivity (Wildman–Crippen MR) is 69.6 cm³/mol. The first-order valence-corrected chi connectivity index (χ1v) is 6.22. The van der Waals surface area contributed by atoms with Gasteiger partial charge in [0.1, 0.15) is 17.9 Å². The fourth-order valence-corrected chi connectivity index (χ4v) is 2.31. The molecule has 2 heterocycles. The Hall–Kier alpha value is -2.22. The Morgan fingerprint density at radius 1 is 1.60 bits per heavy atom. The molecule has 1 aliphatic rings. The third-order valence-corrected chi connectivity index (χ3v) is 3.35. The SMILES string of the molecule is CCN(c1ccc([N+](=O)[O-])cn1)C1COCC1C(=O)O. The molecule has 1 aliphatic heterocycles. The van der Waals surface area contributed by atoms with Crippen LogP contribution >= 0.6 is 0 Å². The standard InChI is InChI=1S/C12H15N3O5/c1-2-14(10-7-20-6-9(10)12(16)17)11-4-3-8(5-13-11)15(18)19/h3-5,9-10H,2,6-7H2,1H3,(H,16,17). The van der Waals surface area contributed by atoms with Gasteiger partial charge in [-0.15, -0.1) is 0 Å². The summed E-state index contributed by atoms with van der Waals surface area (Å²) in [6, 6.07) is 2.57. The number of ether oxygens (including phenoxy) is 1. The Morgan fingerprint density at radius 2 is 2.35 bits per heavy atom. The van der Waals surface area contributed by atoms with Gasteiger partial charge in [-0.25, -0.2) is 4.98 Å². The summed E-state index contributed by atoms with van der Waals surface area (Å²) in [5.74, 6) is -1.01. The van der Waals surface area contributed by atoms with Gasteiger partial charge in [0.25, 0.3) is 5.69 Å². The molecule has 1 aromatic rings. The molecule has 20 heavy (non-hydrogen) atoms. The fraction of sp³-hybridized carbons (Fsp3) is 0.500. The molecule has 0 bridgehead atoms. The zero-order valence-electron chi connectivity index (χ0n) is 10.9. The number of aliphatic carboxylic acids is 1. The summed E-state index contributed by atoms with van der Waals surface area (Å²) in [7, 11) is 0. The van der Waals surface area contributed by atoms with Gasteiger partial charge in [0.15, 0.2) is 0 Å². The zero-order valence-corrected chi connectivity index (χ0v) is 10.9. The molecule has 0 saturated carbocycles. The van der Waals surface area contributed by atoms with E-state index in [1.165, 1.54) is 18.3 Å². The van der Waals surface area contributed by atoms with Crippen molar-refractivity contribution in [2.24, 2.45) is 5.92 Å². The minimum Gasteiger partial charge on any atom is -0.481 e. The first-order chi connectivity index (χ1) is 9.54. The van der Waals surface area contributed by atoms with E-state index in [4.69, 9.17) is 4.74 Å². The number of carbonyl (C=O) groups is 1. The van der Waals surface area contributed by atoms with Crippen LogP contribution < -0.4 is 4.90 Å². The van der Waals surface area contributed by atoms with E-state index in [0.29, 0.717) is 19.0 Å². The quantitative estimate of drug-likeness (QED) is 0.631. The Morgan fingerprint density at radius 3 is 2.85 bits per heavy atom. The van der Waals surface area contributed by atoms with Crippen molar-refractivity contribution in [3.63, 3.8) is 0 Å².